The van der Waals surface area contributed by atoms with Gasteiger partial charge >= 0.3 is 0 Å². The standard InChI is InChI=1S/C15H16BrClFNO/c1-2-6-19-14(11-5-7-20-15(11)17)9-10-3-4-13(18)12(16)8-10/h3-5,7-8,14,19H,2,6,9H2,1H3. The van der Waals surface area contributed by atoms with Crippen LogP contribution in [0, 0.1) is 5.82 Å². The zero-order valence-electron chi connectivity index (χ0n) is 11.1. The van der Waals surface area contributed by atoms with Gasteiger partial charge in [0.1, 0.15) is 5.82 Å². The van der Waals surface area contributed by atoms with Gasteiger partial charge in [0.15, 0.2) is 5.22 Å². The minimum atomic E-state index is -0.256. The van der Waals surface area contributed by atoms with Crippen LogP contribution in [0.3, 0.4) is 0 Å². The van der Waals surface area contributed by atoms with E-state index < -0.39 is 0 Å². The molecule has 1 aromatic heterocycles. The molecule has 1 N–H and O–H groups in total. The largest absolute Gasteiger partial charge is 0.453 e. The quantitative estimate of drug-likeness (QED) is 0.773. The molecular weight excluding hydrogens is 345 g/mol. The molecule has 0 spiro atoms. The number of rotatable bonds is 6. The highest BCUT2D eigenvalue weighted by Crippen LogP contribution is 2.28. The van der Waals surface area contributed by atoms with Gasteiger partial charge in [-0.15, -0.1) is 0 Å². The van der Waals surface area contributed by atoms with Crippen LogP contribution in [-0.4, -0.2) is 6.54 Å². The number of benzene rings is 1. The van der Waals surface area contributed by atoms with E-state index in [9.17, 15) is 4.39 Å². The van der Waals surface area contributed by atoms with Crippen molar-refractivity contribution in [3.8, 4) is 0 Å². The van der Waals surface area contributed by atoms with Crippen molar-refractivity contribution in [2.75, 3.05) is 6.54 Å². The van der Waals surface area contributed by atoms with Crippen molar-refractivity contribution in [3.63, 3.8) is 0 Å². The minimum Gasteiger partial charge on any atom is -0.453 e. The zero-order chi connectivity index (χ0) is 14.5. The van der Waals surface area contributed by atoms with E-state index in [4.69, 9.17) is 16.0 Å². The minimum absolute atomic E-state index is 0.0542. The Labute approximate surface area is 131 Å². The van der Waals surface area contributed by atoms with Crippen LogP contribution in [0.25, 0.3) is 0 Å². The summed E-state index contributed by atoms with van der Waals surface area (Å²) in [6, 6.07) is 6.97. The molecular formula is C15H16BrClFNO. The molecule has 0 saturated heterocycles. The van der Waals surface area contributed by atoms with E-state index in [1.165, 1.54) is 6.07 Å². The Bertz CT molecular complexity index is 573. The van der Waals surface area contributed by atoms with E-state index in [1.54, 1.807) is 18.4 Å². The number of furan rings is 1. The molecule has 2 aromatic rings. The molecule has 0 amide bonds. The Kier molecular flexibility index (Phi) is 5.64. The van der Waals surface area contributed by atoms with Gasteiger partial charge in [0, 0.05) is 11.6 Å². The van der Waals surface area contributed by atoms with E-state index in [-0.39, 0.29) is 11.9 Å². The van der Waals surface area contributed by atoms with Crippen molar-refractivity contribution in [1.29, 1.82) is 0 Å². The highest BCUT2D eigenvalue weighted by Gasteiger charge is 2.17. The molecule has 0 aliphatic heterocycles. The maximum Gasteiger partial charge on any atom is 0.197 e. The Balaban J connectivity index is 2.19. The lowest BCUT2D eigenvalue weighted by Gasteiger charge is -2.18. The van der Waals surface area contributed by atoms with Gasteiger partial charge in [-0.05, 0) is 70.7 Å². The normalized spacial score (nSPS) is 12.6. The van der Waals surface area contributed by atoms with Gasteiger partial charge in [-0.2, -0.15) is 0 Å². The lowest BCUT2D eigenvalue weighted by atomic mass is 10.0. The summed E-state index contributed by atoms with van der Waals surface area (Å²) >= 11 is 9.27. The van der Waals surface area contributed by atoms with E-state index in [2.05, 4.69) is 28.2 Å². The molecule has 5 heteroatoms. The zero-order valence-corrected chi connectivity index (χ0v) is 13.5. The van der Waals surface area contributed by atoms with Gasteiger partial charge in [0.25, 0.3) is 0 Å². The summed E-state index contributed by atoms with van der Waals surface area (Å²) in [5, 5.41) is 3.84. The van der Waals surface area contributed by atoms with E-state index in [0.717, 1.165) is 30.5 Å². The fourth-order valence-electron chi connectivity index (χ4n) is 2.07. The third-order valence-corrected chi connectivity index (χ3v) is 4.00. The highest BCUT2D eigenvalue weighted by molar-refractivity contribution is 9.10. The van der Waals surface area contributed by atoms with Crippen LogP contribution in [0.2, 0.25) is 5.22 Å². The smallest absolute Gasteiger partial charge is 0.197 e. The first kappa shape index (κ1) is 15.5. The lowest BCUT2D eigenvalue weighted by Crippen LogP contribution is -2.24. The third kappa shape index (κ3) is 3.84. The first-order valence-corrected chi connectivity index (χ1v) is 7.69. The SMILES string of the molecule is CCCNC(Cc1ccc(F)c(Br)c1)c1ccoc1Cl. The number of halogens is 3. The second-order valence-electron chi connectivity index (χ2n) is 4.61. The van der Waals surface area contributed by atoms with Crippen LogP contribution in [0.1, 0.15) is 30.5 Å². The van der Waals surface area contributed by atoms with Crippen LogP contribution in [0.15, 0.2) is 39.4 Å². The summed E-state index contributed by atoms with van der Waals surface area (Å²) in [5.41, 5.74) is 1.96. The van der Waals surface area contributed by atoms with E-state index in [0.29, 0.717) is 9.69 Å². The molecule has 2 rings (SSSR count). The Morgan fingerprint density at radius 1 is 1.40 bits per heavy atom. The average molecular weight is 361 g/mol. The van der Waals surface area contributed by atoms with Crippen molar-refractivity contribution in [2.45, 2.75) is 25.8 Å². The number of hydrogen-bond donors (Lipinski definition) is 1. The van der Waals surface area contributed by atoms with Gasteiger partial charge in [-0.3, -0.25) is 0 Å². The third-order valence-electron chi connectivity index (χ3n) is 3.09. The van der Waals surface area contributed by atoms with Gasteiger partial charge in [-0.1, -0.05) is 13.0 Å². The molecule has 0 radical (unpaired) electrons. The van der Waals surface area contributed by atoms with Crippen LogP contribution < -0.4 is 5.32 Å². The molecule has 2 nitrogen and oxygen atoms in total. The molecule has 1 aromatic carbocycles. The molecule has 0 aliphatic carbocycles. The fourth-order valence-corrected chi connectivity index (χ4v) is 2.74. The monoisotopic (exact) mass is 359 g/mol. The van der Waals surface area contributed by atoms with Crippen molar-refractivity contribution < 1.29 is 8.81 Å². The summed E-state index contributed by atoms with van der Waals surface area (Å²) in [4.78, 5) is 0. The molecule has 0 saturated carbocycles. The summed E-state index contributed by atoms with van der Waals surface area (Å²) in [6.07, 6.45) is 3.33. The topological polar surface area (TPSA) is 25.2 Å². The summed E-state index contributed by atoms with van der Waals surface area (Å²) in [5.74, 6) is -0.256. The molecule has 20 heavy (non-hydrogen) atoms. The van der Waals surface area contributed by atoms with Gasteiger partial charge in [-0.25, -0.2) is 4.39 Å². The first-order chi connectivity index (χ1) is 9.61. The van der Waals surface area contributed by atoms with Crippen molar-refractivity contribution >= 4 is 27.5 Å². The highest BCUT2D eigenvalue weighted by atomic mass is 79.9. The second-order valence-corrected chi connectivity index (χ2v) is 5.81. The Morgan fingerprint density at radius 2 is 2.20 bits per heavy atom. The number of nitrogens with one attached hydrogen (secondary N) is 1. The van der Waals surface area contributed by atoms with E-state index in [1.807, 2.05) is 6.07 Å². The Morgan fingerprint density at radius 3 is 2.80 bits per heavy atom. The molecule has 1 heterocycles. The molecule has 0 fully saturated rings. The lowest BCUT2D eigenvalue weighted by molar-refractivity contribution is 0.512. The molecule has 1 unspecified atom stereocenters. The molecule has 0 bridgehead atoms. The fraction of sp³-hybridized carbons (Fsp3) is 0.333. The van der Waals surface area contributed by atoms with Gasteiger partial charge < -0.3 is 9.73 Å². The van der Waals surface area contributed by atoms with Crippen molar-refractivity contribution in [2.24, 2.45) is 0 Å². The summed E-state index contributed by atoms with van der Waals surface area (Å²) in [7, 11) is 0. The average Bonchev–Trinajstić information content (AvgIpc) is 2.85. The molecule has 1 atom stereocenters. The van der Waals surface area contributed by atoms with Crippen molar-refractivity contribution in [1.82, 2.24) is 5.32 Å². The summed E-state index contributed by atoms with van der Waals surface area (Å²) < 4.78 is 18.9. The maximum atomic E-state index is 13.3. The van der Waals surface area contributed by atoms with Crippen LogP contribution in [-0.2, 0) is 6.42 Å². The Hall–Kier alpha value is -0.840. The van der Waals surface area contributed by atoms with Crippen molar-refractivity contribution in [3.05, 3.63) is 57.2 Å². The van der Waals surface area contributed by atoms with Crippen LogP contribution >= 0.6 is 27.5 Å². The second kappa shape index (κ2) is 7.25. The predicted octanol–water partition coefficient (Wildman–Crippen LogP) is 5.12. The maximum absolute atomic E-state index is 13.3. The van der Waals surface area contributed by atoms with Gasteiger partial charge in [0.2, 0.25) is 0 Å². The van der Waals surface area contributed by atoms with Gasteiger partial charge in [0.05, 0.1) is 10.7 Å². The van der Waals surface area contributed by atoms with Crippen LogP contribution in [0.4, 0.5) is 4.39 Å². The molecule has 108 valence electrons. The van der Waals surface area contributed by atoms with Crippen LogP contribution in [0.5, 0.6) is 0 Å². The predicted molar refractivity (Wildman–Crippen MR) is 82.6 cm³/mol. The summed E-state index contributed by atoms with van der Waals surface area (Å²) in [6.45, 7) is 2.99. The molecule has 0 aliphatic rings. The number of hydrogen-bond acceptors (Lipinski definition) is 2. The van der Waals surface area contributed by atoms with E-state index >= 15 is 0 Å². The first-order valence-electron chi connectivity index (χ1n) is 6.52.